The lowest BCUT2D eigenvalue weighted by Crippen LogP contribution is -2.42. The van der Waals surface area contributed by atoms with Crippen LogP contribution in [0.2, 0.25) is 0 Å². The zero-order valence-electron chi connectivity index (χ0n) is 19.7. The molecule has 7 heteroatoms. The summed E-state index contributed by atoms with van der Waals surface area (Å²) in [5, 5.41) is 9.68. The fourth-order valence-electron chi connectivity index (χ4n) is 5.76. The first-order chi connectivity index (χ1) is 16.5. The maximum Gasteiger partial charge on any atom is 0.414 e. The Labute approximate surface area is 199 Å². The number of carbonyl (C=O) groups excluding carboxylic acids is 1. The van der Waals surface area contributed by atoms with E-state index >= 15 is 0 Å². The van der Waals surface area contributed by atoms with E-state index in [-0.39, 0.29) is 24.1 Å². The van der Waals surface area contributed by atoms with Crippen molar-refractivity contribution in [3.8, 4) is 0 Å². The van der Waals surface area contributed by atoms with Crippen LogP contribution in [0.5, 0.6) is 0 Å². The molecule has 3 atom stereocenters. The third-order valence-electron chi connectivity index (χ3n) is 7.46. The molecular formula is C27H31N3O4. The molecule has 2 aromatic carbocycles. The van der Waals surface area contributed by atoms with Crippen molar-refractivity contribution in [3.05, 3.63) is 59.4 Å². The lowest BCUT2D eigenvalue weighted by molar-refractivity contribution is -0.143. The van der Waals surface area contributed by atoms with Gasteiger partial charge in [-0.15, -0.1) is 0 Å². The normalized spacial score (nSPS) is 22.4. The molecule has 5 rings (SSSR count). The van der Waals surface area contributed by atoms with Gasteiger partial charge in [-0.1, -0.05) is 36.8 Å². The molecule has 2 unspecified atom stereocenters. The van der Waals surface area contributed by atoms with E-state index in [1.165, 1.54) is 12.7 Å². The van der Waals surface area contributed by atoms with Crippen LogP contribution in [0.25, 0.3) is 11.0 Å². The average Bonchev–Trinajstić information content (AvgIpc) is 3.22. The Kier molecular flexibility index (Phi) is 6.02. The lowest BCUT2D eigenvalue weighted by atomic mass is 9.85. The van der Waals surface area contributed by atoms with Crippen LogP contribution in [-0.2, 0) is 22.4 Å². The zero-order valence-corrected chi connectivity index (χ0v) is 19.7. The molecule has 0 bridgehead atoms. The van der Waals surface area contributed by atoms with Crippen molar-refractivity contribution < 1.29 is 19.4 Å². The summed E-state index contributed by atoms with van der Waals surface area (Å²) < 4.78 is 7.36. The number of carboxylic acids is 1. The Morgan fingerprint density at radius 2 is 1.91 bits per heavy atom. The molecule has 34 heavy (non-hydrogen) atoms. The van der Waals surface area contributed by atoms with Crippen LogP contribution in [0.1, 0.15) is 62.0 Å². The average molecular weight is 462 g/mol. The molecule has 1 aromatic heterocycles. The van der Waals surface area contributed by atoms with E-state index in [9.17, 15) is 14.7 Å². The van der Waals surface area contributed by atoms with E-state index < -0.39 is 5.97 Å². The summed E-state index contributed by atoms with van der Waals surface area (Å²) in [6, 6.07) is 14.5. The summed E-state index contributed by atoms with van der Waals surface area (Å²) in [4.78, 5) is 31.2. The molecule has 7 nitrogen and oxygen atoms in total. The van der Waals surface area contributed by atoms with Gasteiger partial charge in [0.05, 0.1) is 29.7 Å². The van der Waals surface area contributed by atoms with Crippen LogP contribution >= 0.6 is 0 Å². The molecule has 1 aliphatic carbocycles. The van der Waals surface area contributed by atoms with Gasteiger partial charge in [0.25, 0.3) is 0 Å². The van der Waals surface area contributed by atoms with Gasteiger partial charge in [-0.05, 0) is 56.7 Å². The fraction of sp³-hybridized carbons (Fsp3) is 0.444. The monoisotopic (exact) mass is 461 g/mol. The smallest absolute Gasteiger partial charge is 0.414 e. The summed E-state index contributed by atoms with van der Waals surface area (Å²) >= 11 is 0. The van der Waals surface area contributed by atoms with Crippen molar-refractivity contribution in [2.24, 2.45) is 5.92 Å². The number of imidazole rings is 1. The second kappa shape index (κ2) is 9.12. The van der Waals surface area contributed by atoms with E-state index in [4.69, 9.17) is 9.72 Å². The number of aliphatic carboxylic acids is 1. The Hall–Kier alpha value is -3.35. The van der Waals surface area contributed by atoms with Crippen molar-refractivity contribution in [2.45, 2.75) is 64.0 Å². The predicted octanol–water partition coefficient (Wildman–Crippen LogP) is 5.35. The first kappa shape index (κ1) is 22.4. The van der Waals surface area contributed by atoms with Gasteiger partial charge in [-0.25, -0.2) is 9.78 Å². The van der Waals surface area contributed by atoms with Crippen LogP contribution in [-0.4, -0.2) is 39.9 Å². The number of rotatable bonds is 4. The maximum absolute atomic E-state index is 12.6. The van der Waals surface area contributed by atoms with Crippen LogP contribution in [0.4, 0.5) is 10.5 Å². The Morgan fingerprint density at radius 1 is 1.12 bits per heavy atom. The highest BCUT2D eigenvalue weighted by molar-refractivity contribution is 5.95. The molecule has 1 fully saturated rings. The molecule has 1 amide bonds. The summed E-state index contributed by atoms with van der Waals surface area (Å²) in [7, 11) is 1.41. The van der Waals surface area contributed by atoms with Gasteiger partial charge in [-0.3, -0.25) is 9.69 Å². The molecule has 178 valence electrons. The quantitative estimate of drug-likeness (QED) is 0.566. The summed E-state index contributed by atoms with van der Waals surface area (Å²) in [6.45, 7) is 2.04. The number of amides is 1. The maximum atomic E-state index is 12.6. The second-order valence-electron chi connectivity index (χ2n) is 9.57. The second-order valence-corrected chi connectivity index (χ2v) is 9.57. The molecule has 3 aromatic rings. The van der Waals surface area contributed by atoms with Crippen LogP contribution < -0.4 is 4.90 Å². The molecule has 2 heterocycles. The number of hydrogen-bond acceptors (Lipinski definition) is 4. The van der Waals surface area contributed by atoms with E-state index in [2.05, 4.69) is 16.7 Å². The Bertz CT molecular complexity index is 1220. The summed E-state index contributed by atoms with van der Waals surface area (Å²) in [5.74, 6) is -0.0817. The molecule has 1 aliphatic heterocycles. The number of hydrogen-bond donors (Lipinski definition) is 1. The van der Waals surface area contributed by atoms with E-state index in [1.807, 2.05) is 37.3 Å². The van der Waals surface area contributed by atoms with E-state index in [0.29, 0.717) is 12.8 Å². The standard InChI is InChI=1S/C27H31N3O4/c1-17-11-12-21-22(29(17)27(33)34-2)13-14-23-25(21)28-24(15-18-7-4-3-5-8-18)30(23)20-10-6-9-19(16-20)26(31)32/h3-5,7-8,13-14,17,19-20H,6,9-12,15-16H2,1-2H3,(H,31,32)/t17-,19?,20?/m0/s1. The molecule has 1 N–H and O–H groups in total. The highest BCUT2D eigenvalue weighted by Crippen LogP contribution is 2.40. The number of carboxylic acid groups (broad SMARTS) is 1. The number of benzene rings is 2. The fourth-order valence-corrected chi connectivity index (χ4v) is 5.76. The van der Waals surface area contributed by atoms with Crippen LogP contribution in [0.15, 0.2) is 42.5 Å². The van der Waals surface area contributed by atoms with Crippen LogP contribution in [0.3, 0.4) is 0 Å². The number of carbonyl (C=O) groups is 2. The van der Waals surface area contributed by atoms with Crippen molar-refractivity contribution in [1.82, 2.24) is 9.55 Å². The number of fused-ring (bicyclic) bond motifs is 3. The van der Waals surface area contributed by atoms with E-state index in [0.717, 1.165) is 60.2 Å². The van der Waals surface area contributed by atoms with Gasteiger partial charge in [0, 0.05) is 24.1 Å². The Balaban J connectivity index is 1.65. The highest BCUT2D eigenvalue weighted by Gasteiger charge is 2.34. The molecule has 0 saturated heterocycles. The van der Waals surface area contributed by atoms with Crippen molar-refractivity contribution in [3.63, 3.8) is 0 Å². The SMILES string of the molecule is COC(=O)N1c2ccc3c(nc(Cc4ccccc4)n3C3CCCC(C(=O)O)C3)c2CC[C@@H]1C. The van der Waals surface area contributed by atoms with Gasteiger partial charge >= 0.3 is 12.1 Å². The number of aromatic nitrogens is 2. The third kappa shape index (κ3) is 3.93. The topological polar surface area (TPSA) is 84.7 Å². The predicted molar refractivity (Wildman–Crippen MR) is 130 cm³/mol. The zero-order chi connectivity index (χ0) is 23.8. The lowest BCUT2D eigenvalue weighted by Gasteiger charge is -2.34. The highest BCUT2D eigenvalue weighted by atomic mass is 16.5. The van der Waals surface area contributed by atoms with Crippen molar-refractivity contribution in [2.75, 3.05) is 12.0 Å². The van der Waals surface area contributed by atoms with Crippen molar-refractivity contribution in [1.29, 1.82) is 0 Å². The van der Waals surface area contributed by atoms with Gasteiger partial charge in [0.15, 0.2) is 0 Å². The third-order valence-corrected chi connectivity index (χ3v) is 7.46. The minimum Gasteiger partial charge on any atom is -0.481 e. The number of methoxy groups -OCH3 is 1. The minimum atomic E-state index is -0.709. The first-order valence-electron chi connectivity index (χ1n) is 12.1. The number of ether oxygens (including phenoxy) is 1. The van der Waals surface area contributed by atoms with E-state index in [1.54, 1.807) is 4.90 Å². The van der Waals surface area contributed by atoms with Crippen molar-refractivity contribution >= 4 is 28.8 Å². The minimum absolute atomic E-state index is 0.0537. The summed E-state index contributed by atoms with van der Waals surface area (Å²) in [6.07, 6.45) is 5.19. The first-order valence-corrected chi connectivity index (χ1v) is 12.1. The number of anilines is 1. The van der Waals surface area contributed by atoms with Crippen LogP contribution in [0, 0.1) is 5.92 Å². The number of nitrogens with zero attached hydrogens (tertiary/aromatic N) is 3. The van der Waals surface area contributed by atoms with Gasteiger partial charge < -0.3 is 14.4 Å². The number of aryl methyl sites for hydroxylation is 1. The van der Waals surface area contributed by atoms with Gasteiger partial charge in [0.1, 0.15) is 5.82 Å². The largest absolute Gasteiger partial charge is 0.481 e. The van der Waals surface area contributed by atoms with Gasteiger partial charge in [-0.2, -0.15) is 0 Å². The van der Waals surface area contributed by atoms with Gasteiger partial charge in [0.2, 0.25) is 0 Å². The molecule has 0 radical (unpaired) electrons. The molecular weight excluding hydrogens is 430 g/mol. The molecule has 2 aliphatic rings. The summed E-state index contributed by atoms with van der Waals surface area (Å²) in [5.41, 5.74) is 5.05. The Morgan fingerprint density at radius 3 is 2.65 bits per heavy atom. The molecule has 1 saturated carbocycles. The molecule has 0 spiro atoms.